The van der Waals surface area contributed by atoms with Gasteiger partial charge in [0.15, 0.2) is 6.10 Å². The number of nitrogens with one attached hydrogen (secondary N) is 2. The van der Waals surface area contributed by atoms with Crippen LogP contribution >= 0.6 is 11.6 Å². The zero-order valence-corrected chi connectivity index (χ0v) is 18.3. The summed E-state index contributed by atoms with van der Waals surface area (Å²) < 4.78 is 32.5. The number of aryl methyl sites for hydroxylation is 1. The molecule has 1 atom stereocenters. The maximum atomic E-state index is 13.0. The molecule has 1 aliphatic heterocycles. The summed E-state index contributed by atoms with van der Waals surface area (Å²) in [6, 6.07) is 9.98. The van der Waals surface area contributed by atoms with Gasteiger partial charge in [0.25, 0.3) is 5.91 Å². The predicted molar refractivity (Wildman–Crippen MR) is 113 cm³/mol. The number of fused-ring (bicyclic) bond motifs is 1. The van der Waals surface area contributed by atoms with Crippen molar-refractivity contribution >= 4 is 39.1 Å². The lowest BCUT2D eigenvalue weighted by atomic mass is 10.1. The molecule has 0 bridgehead atoms. The largest absolute Gasteiger partial charge is 0.479 e. The monoisotopic (exact) mass is 451 g/mol. The number of anilines is 1. The minimum absolute atomic E-state index is 0.00556. The molecule has 30 heavy (non-hydrogen) atoms. The molecule has 0 saturated carbocycles. The third-order valence-electron chi connectivity index (χ3n) is 4.70. The Morgan fingerprint density at radius 2 is 2.00 bits per heavy atom. The van der Waals surface area contributed by atoms with Gasteiger partial charge in [-0.1, -0.05) is 29.8 Å². The molecule has 0 aliphatic carbocycles. The number of likely N-dealkylation sites (N-methyl/N-ethyl adjacent to an activating group) is 1. The highest BCUT2D eigenvalue weighted by Crippen LogP contribution is 2.35. The van der Waals surface area contributed by atoms with E-state index in [2.05, 4.69) is 10.6 Å². The number of nitrogens with zero attached hydrogens (tertiary/aromatic N) is 1. The van der Waals surface area contributed by atoms with Crippen LogP contribution in [0.2, 0.25) is 5.02 Å². The van der Waals surface area contributed by atoms with Crippen molar-refractivity contribution in [3.8, 4) is 5.75 Å². The number of carbonyl (C=O) groups is 2. The summed E-state index contributed by atoms with van der Waals surface area (Å²) in [6.07, 6.45) is -0.732. The smallest absolute Gasteiger partial charge is 0.265 e. The number of halogens is 1. The minimum atomic E-state index is -3.97. The van der Waals surface area contributed by atoms with Crippen molar-refractivity contribution in [3.05, 3.63) is 52.5 Å². The van der Waals surface area contributed by atoms with Crippen LogP contribution in [-0.2, 0) is 26.2 Å². The molecule has 3 rings (SSSR count). The Hall–Kier alpha value is -2.62. The highest BCUT2D eigenvalue weighted by atomic mass is 35.5. The average Bonchev–Trinajstić information content (AvgIpc) is 2.68. The summed E-state index contributed by atoms with van der Waals surface area (Å²) in [4.78, 5) is 24.0. The number of amides is 2. The van der Waals surface area contributed by atoms with Gasteiger partial charge in [-0.2, -0.15) is 4.31 Å². The van der Waals surface area contributed by atoms with Gasteiger partial charge in [-0.25, -0.2) is 8.42 Å². The molecule has 2 amide bonds. The van der Waals surface area contributed by atoms with Crippen LogP contribution in [0.5, 0.6) is 5.75 Å². The van der Waals surface area contributed by atoms with Crippen molar-refractivity contribution < 1.29 is 22.7 Å². The topological polar surface area (TPSA) is 105 Å². The quantitative estimate of drug-likeness (QED) is 0.701. The third kappa shape index (κ3) is 4.58. The summed E-state index contributed by atoms with van der Waals surface area (Å²) in [6.45, 7) is 3.01. The molecule has 0 fully saturated rings. The van der Waals surface area contributed by atoms with Gasteiger partial charge in [0.1, 0.15) is 5.75 Å². The lowest BCUT2D eigenvalue weighted by Gasteiger charge is -2.25. The lowest BCUT2D eigenvalue weighted by Crippen LogP contribution is -2.38. The zero-order chi connectivity index (χ0) is 22.1. The molecule has 2 aromatic carbocycles. The summed E-state index contributed by atoms with van der Waals surface area (Å²) in [5.41, 5.74) is 1.57. The van der Waals surface area contributed by atoms with E-state index in [-0.39, 0.29) is 29.6 Å². The molecular formula is C20H22ClN3O5S. The Labute approximate surface area is 180 Å². The van der Waals surface area contributed by atoms with E-state index < -0.39 is 22.0 Å². The predicted octanol–water partition coefficient (Wildman–Crippen LogP) is 2.30. The molecule has 160 valence electrons. The lowest BCUT2D eigenvalue weighted by molar-refractivity contribution is -0.123. The second-order valence-electron chi connectivity index (χ2n) is 6.99. The van der Waals surface area contributed by atoms with Crippen LogP contribution in [0, 0.1) is 6.92 Å². The third-order valence-corrected chi connectivity index (χ3v) is 7.01. The van der Waals surface area contributed by atoms with Crippen molar-refractivity contribution in [3.63, 3.8) is 0 Å². The van der Waals surface area contributed by atoms with Crippen molar-refractivity contribution in [2.75, 3.05) is 18.9 Å². The Kier molecular flexibility index (Phi) is 6.35. The van der Waals surface area contributed by atoms with Gasteiger partial charge in [0, 0.05) is 24.7 Å². The maximum absolute atomic E-state index is 13.0. The van der Waals surface area contributed by atoms with Crippen LogP contribution in [0.4, 0.5) is 5.69 Å². The van der Waals surface area contributed by atoms with Gasteiger partial charge in [0.2, 0.25) is 15.9 Å². The molecule has 0 radical (unpaired) electrons. The van der Waals surface area contributed by atoms with E-state index in [4.69, 9.17) is 16.3 Å². The van der Waals surface area contributed by atoms with Gasteiger partial charge in [-0.05, 0) is 37.1 Å². The maximum Gasteiger partial charge on any atom is 0.265 e. The Balaban J connectivity index is 1.73. The SMILES string of the molecule is Cc1cc2c(cc1S(=O)(=O)N(C)CC(=O)NCc1ccccc1Cl)O[C@H](C)C(=O)N2. The molecule has 0 saturated heterocycles. The van der Waals surface area contributed by atoms with Crippen LogP contribution in [0.25, 0.3) is 0 Å². The fourth-order valence-corrected chi connectivity index (χ4v) is 4.51. The van der Waals surface area contributed by atoms with Crippen molar-refractivity contribution in [1.82, 2.24) is 9.62 Å². The van der Waals surface area contributed by atoms with E-state index in [1.807, 2.05) is 0 Å². The number of sulfonamides is 1. The first-order valence-electron chi connectivity index (χ1n) is 9.18. The molecule has 1 heterocycles. The standard InChI is InChI=1S/C20H22ClN3O5S/c1-12-8-16-17(29-13(2)20(26)23-16)9-18(12)30(27,28)24(3)11-19(25)22-10-14-6-4-5-7-15(14)21/h4-9,13H,10-11H2,1-3H3,(H,22,25)(H,23,26)/t13-/m1/s1. The van der Waals surface area contributed by atoms with E-state index in [1.54, 1.807) is 38.1 Å². The summed E-state index contributed by atoms with van der Waals surface area (Å²) in [5, 5.41) is 5.87. The summed E-state index contributed by atoms with van der Waals surface area (Å²) in [7, 11) is -2.64. The Bertz CT molecular complexity index is 1100. The molecule has 8 nitrogen and oxygen atoms in total. The number of hydrogen-bond acceptors (Lipinski definition) is 5. The van der Waals surface area contributed by atoms with Gasteiger partial charge >= 0.3 is 0 Å². The number of benzene rings is 2. The molecule has 2 N–H and O–H groups in total. The van der Waals surface area contributed by atoms with Crippen LogP contribution in [0.15, 0.2) is 41.3 Å². The highest BCUT2D eigenvalue weighted by Gasteiger charge is 2.30. The Morgan fingerprint density at radius 1 is 1.30 bits per heavy atom. The molecule has 0 unspecified atom stereocenters. The van der Waals surface area contributed by atoms with Gasteiger partial charge in [0.05, 0.1) is 17.1 Å². The number of carbonyl (C=O) groups excluding carboxylic acids is 2. The normalized spacial score (nSPS) is 15.9. The molecule has 2 aromatic rings. The summed E-state index contributed by atoms with van der Waals surface area (Å²) >= 11 is 6.07. The minimum Gasteiger partial charge on any atom is -0.479 e. The van der Waals surface area contributed by atoms with E-state index in [0.29, 0.717) is 16.3 Å². The van der Waals surface area contributed by atoms with Gasteiger partial charge in [-0.3, -0.25) is 9.59 Å². The first-order valence-corrected chi connectivity index (χ1v) is 11.0. The first kappa shape index (κ1) is 22.1. The first-order chi connectivity index (χ1) is 14.1. The molecule has 10 heteroatoms. The van der Waals surface area contributed by atoms with Crippen molar-refractivity contribution in [2.45, 2.75) is 31.4 Å². The fraction of sp³-hybridized carbons (Fsp3) is 0.300. The van der Waals surface area contributed by atoms with Crippen LogP contribution in [0.1, 0.15) is 18.1 Å². The molecule has 1 aliphatic rings. The average molecular weight is 452 g/mol. The fourth-order valence-electron chi connectivity index (χ4n) is 2.97. The summed E-state index contributed by atoms with van der Waals surface area (Å²) in [5.74, 6) is -0.499. The number of hydrogen-bond donors (Lipinski definition) is 2. The Morgan fingerprint density at radius 3 is 2.70 bits per heavy atom. The van der Waals surface area contributed by atoms with E-state index in [0.717, 1.165) is 9.87 Å². The molecule has 0 spiro atoms. The van der Waals surface area contributed by atoms with Crippen LogP contribution < -0.4 is 15.4 Å². The molecular weight excluding hydrogens is 430 g/mol. The zero-order valence-electron chi connectivity index (χ0n) is 16.7. The number of rotatable bonds is 6. The van der Waals surface area contributed by atoms with E-state index in [9.17, 15) is 18.0 Å². The molecule has 0 aromatic heterocycles. The highest BCUT2D eigenvalue weighted by molar-refractivity contribution is 7.89. The van der Waals surface area contributed by atoms with E-state index >= 15 is 0 Å². The van der Waals surface area contributed by atoms with Gasteiger partial charge < -0.3 is 15.4 Å². The second kappa shape index (κ2) is 8.63. The van der Waals surface area contributed by atoms with E-state index in [1.165, 1.54) is 19.2 Å². The van der Waals surface area contributed by atoms with Crippen LogP contribution in [-0.4, -0.2) is 44.2 Å². The van der Waals surface area contributed by atoms with Crippen molar-refractivity contribution in [2.24, 2.45) is 0 Å². The van der Waals surface area contributed by atoms with Crippen molar-refractivity contribution in [1.29, 1.82) is 0 Å². The van der Waals surface area contributed by atoms with Gasteiger partial charge in [-0.15, -0.1) is 0 Å². The number of ether oxygens (including phenoxy) is 1. The van der Waals surface area contributed by atoms with Crippen LogP contribution in [0.3, 0.4) is 0 Å². The second-order valence-corrected chi connectivity index (χ2v) is 9.41.